The fourth-order valence-electron chi connectivity index (χ4n) is 4.27. The van der Waals surface area contributed by atoms with Crippen molar-refractivity contribution in [1.82, 2.24) is 4.98 Å². The zero-order chi connectivity index (χ0) is 19.3. The van der Waals surface area contributed by atoms with E-state index in [1.54, 1.807) is 17.6 Å². The number of hydrogen-bond acceptors (Lipinski definition) is 4. The average Bonchev–Trinajstić information content (AvgIpc) is 3.34. The molecule has 3 aromatic heterocycles. The Morgan fingerprint density at radius 2 is 2.00 bits per heavy atom. The van der Waals surface area contributed by atoms with Gasteiger partial charge in [-0.3, -0.25) is 4.79 Å². The summed E-state index contributed by atoms with van der Waals surface area (Å²) in [7, 11) is 0. The molecule has 3 heterocycles. The second-order valence-corrected chi connectivity index (χ2v) is 8.74. The first-order valence-corrected chi connectivity index (χ1v) is 10.5. The van der Waals surface area contributed by atoms with E-state index in [4.69, 9.17) is 9.40 Å². The lowest BCUT2D eigenvalue weighted by Crippen LogP contribution is -2.10. The third kappa shape index (κ3) is 2.71. The van der Waals surface area contributed by atoms with Crippen molar-refractivity contribution in [1.29, 1.82) is 0 Å². The van der Waals surface area contributed by atoms with Gasteiger partial charge in [-0.25, -0.2) is 4.98 Å². The van der Waals surface area contributed by atoms with Crippen molar-refractivity contribution in [3.05, 3.63) is 76.0 Å². The van der Waals surface area contributed by atoms with Crippen LogP contribution in [0.25, 0.3) is 21.5 Å². The van der Waals surface area contributed by atoms with Gasteiger partial charge in [-0.1, -0.05) is 37.3 Å². The summed E-state index contributed by atoms with van der Waals surface area (Å²) in [6.07, 6.45) is 4.98. The average molecular weight is 388 g/mol. The number of aryl methyl sites for hydroxylation is 2. The quantitative estimate of drug-likeness (QED) is 0.392. The number of hydrogen-bond donors (Lipinski definition) is 0. The minimum atomic E-state index is 0.00280. The molecule has 1 unspecified atom stereocenters. The summed E-state index contributed by atoms with van der Waals surface area (Å²) in [5, 5.41) is 1.12. The number of pyridine rings is 1. The Kier molecular flexibility index (Phi) is 4.17. The highest BCUT2D eigenvalue weighted by Gasteiger charge is 2.29. The lowest BCUT2D eigenvalue weighted by Gasteiger charge is -2.19. The van der Waals surface area contributed by atoms with E-state index in [0.29, 0.717) is 17.0 Å². The number of carbonyl (C=O) groups is 1. The van der Waals surface area contributed by atoms with Gasteiger partial charge in [0, 0.05) is 21.4 Å². The highest BCUT2D eigenvalue weighted by Crippen LogP contribution is 2.44. The maximum absolute atomic E-state index is 13.5. The molecule has 1 atom stereocenters. The highest BCUT2D eigenvalue weighted by molar-refractivity contribution is 7.19. The second-order valence-electron chi connectivity index (χ2n) is 7.65. The largest absolute Gasteiger partial charge is 0.464 e. The van der Waals surface area contributed by atoms with Crippen LogP contribution >= 0.6 is 11.3 Å². The topological polar surface area (TPSA) is 43.1 Å². The molecule has 0 N–H and O–H groups in total. The lowest BCUT2D eigenvalue weighted by molar-refractivity contribution is 0.103. The summed E-state index contributed by atoms with van der Waals surface area (Å²) in [4.78, 5) is 20.8. The maximum Gasteiger partial charge on any atom is 0.195 e. The molecule has 0 radical (unpaired) electrons. The zero-order valence-electron chi connectivity index (χ0n) is 16.0. The molecule has 5 rings (SSSR count). The smallest absolute Gasteiger partial charge is 0.195 e. The van der Waals surface area contributed by atoms with Gasteiger partial charge in [0.25, 0.3) is 0 Å². The van der Waals surface area contributed by atoms with Crippen molar-refractivity contribution in [3.8, 4) is 11.3 Å². The van der Waals surface area contributed by atoms with E-state index in [-0.39, 0.29) is 5.78 Å². The Labute approximate surface area is 168 Å². The summed E-state index contributed by atoms with van der Waals surface area (Å²) < 4.78 is 5.82. The molecule has 0 aliphatic heterocycles. The molecular weight excluding hydrogens is 366 g/mol. The molecular formula is C24H21NO2S. The fraction of sp³-hybridized carbons (Fsp3) is 0.250. The number of ketones is 1. The van der Waals surface area contributed by atoms with E-state index in [1.807, 2.05) is 49.4 Å². The summed E-state index contributed by atoms with van der Waals surface area (Å²) in [5.74, 6) is 1.44. The molecule has 4 aromatic rings. The van der Waals surface area contributed by atoms with Gasteiger partial charge in [0.15, 0.2) is 5.78 Å². The van der Waals surface area contributed by atoms with E-state index in [1.165, 1.54) is 16.9 Å². The third-order valence-corrected chi connectivity index (χ3v) is 6.80. The normalized spacial score (nSPS) is 16.3. The number of carbonyl (C=O) groups excluding carboxylic acids is 1. The third-order valence-electron chi connectivity index (χ3n) is 5.65. The molecule has 140 valence electrons. The van der Waals surface area contributed by atoms with Gasteiger partial charge in [0.2, 0.25) is 0 Å². The number of benzene rings is 1. The van der Waals surface area contributed by atoms with Crippen LogP contribution in [0.5, 0.6) is 0 Å². The molecule has 0 fully saturated rings. The molecule has 0 saturated heterocycles. The van der Waals surface area contributed by atoms with Crippen LogP contribution in [0, 0.1) is 12.8 Å². The number of furan rings is 1. The first kappa shape index (κ1) is 17.4. The van der Waals surface area contributed by atoms with Crippen LogP contribution in [-0.4, -0.2) is 10.8 Å². The van der Waals surface area contributed by atoms with Crippen LogP contribution in [-0.2, 0) is 12.8 Å². The number of fused-ring (bicyclic) bond motifs is 3. The molecule has 0 saturated carbocycles. The minimum Gasteiger partial charge on any atom is -0.464 e. The number of nitrogens with zero attached hydrogens (tertiary/aromatic N) is 1. The number of thiophene rings is 1. The molecule has 4 heteroatoms. The number of aromatic nitrogens is 1. The van der Waals surface area contributed by atoms with Gasteiger partial charge < -0.3 is 4.42 Å². The Morgan fingerprint density at radius 3 is 2.75 bits per heavy atom. The molecule has 28 heavy (non-hydrogen) atoms. The first-order chi connectivity index (χ1) is 13.6. The van der Waals surface area contributed by atoms with Gasteiger partial charge in [-0.15, -0.1) is 11.3 Å². The van der Waals surface area contributed by atoms with Crippen LogP contribution in [0.4, 0.5) is 0 Å². The molecule has 0 amide bonds. The van der Waals surface area contributed by atoms with Crippen LogP contribution in [0.3, 0.4) is 0 Å². The zero-order valence-corrected chi connectivity index (χ0v) is 16.8. The van der Waals surface area contributed by atoms with E-state index >= 15 is 0 Å². The second kappa shape index (κ2) is 6.71. The van der Waals surface area contributed by atoms with Crippen LogP contribution in [0.15, 0.2) is 53.1 Å². The highest BCUT2D eigenvalue weighted by atomic mass is 32.1. The monoisotopic (exact) mass is 387 g/mol. The molecule has 3 nitrogen and oxygen atoms in total. The predicted octanol–water partition coefficient (Wildman–Crippen LogP) is 6.22. The molecule has 1 aromatic carbocycles. The van der Waals surface area contributed by atoms with Crippen molar-refractivity contribution < 1.29 is 9.21 Å². The van der Waals surface area contributed by atoms with Crippen molar-refractivity contribution in [2.45, 2.75) is 33.1 Å². The Balaban J connectivity index is 1.84. The summed E-state index contributed by atoms with van der Waals surface area (Å²) in [5.41, 5.74) is 4.37. The molecule has 0 bridgehead atoms. The van der Waals surface area contributed by atoms with Gasteiger partial charge in [-0.2, -0.15) is 0 Å². The van der Waals surface area contributed by atoms with E-state index in [9.17, 15) is 4.79 Å². The predicted molar refractivity (Wildman–Crippen MR) is 113 cm³/mol. The first-order valence-electron chi connectivity index (χ1n) is 9.72. The van der Waals surface area contributed by atoms with Gasteiger partial charge in [-0.05, 0) is 49.8 Å². The van der Waals surface area contributed by atoms with Crippen LogP contribution in [0.2, 0.25) is 0 Å². The summed E-state index contributed by atoms with van der Waals surface area (Å²) >= 11 is 1.78. The Morgan fingerprint density at radius 1 is 1.18 bits per heavy atom. The van der Waals surface area contributed by atoms with Crippen LogP contribution < -0.4 is 0 Å². The van der Waals surface area contributed by atoms with Gasteiger partial charge in [0.1, 0.15) is 10.6 Å². The molecule has 1 aliphatic carbocycles. The SMILES string of the molecule is Cc1nc2sc3c(c2c(-c2ccco2)c1C(=O)c1ccccc1)CCC(C)C3. The van der Waals surface area contributed by atoms with Crippen molar-refractivity contribution >= 4 is 27.3 Å². The van der Waals surface area contributed by atoms with E-state index < -0.39 is 0 Å². The van der Waals surface area contributed by atoms with E-state index in [0.717, 1.165) is 40.1 Å². The summed E-state index contributed by atoms with van der Waals surface area (Å²) in [6.45, 7) is 4.24. The van der Waals surface area contributed by atoms with E-state index in [2.05, 4.69) is 6.92 Å². The summed E-state index contributed by atoms with van der Waals surface area (Å²) in [6, 6.07) is 13.3. The maximum atomic E-state index is 13.5. The Bertz CT molecular complexity index is 1170. The number of rotatable bonds is 3. The van der Waals surface area contributed by atoms with Crippen molar-refractivity contribution in [2.75, 3.05) is 0 Å². The van der Waals surface area contributed by atoms with Gasteiger partial charge >= 0.3 is 0 Å². The Hall–Kier alpha value is -2.72. The van der Waals surface area contributed by atoms with Crippen molar-refractivity contribution in [3.63, 3.8) is 0 Å². The van der Waals surface area contributed by atoms with Gasteiger partial charge in [0.05, 0.1) is 17.5 Å². The lowest BCUT2D eigenvalue weighted by atomic mass is 9.86. The van der Waals surface area contributed by atoms with Crippen molar-refractivity contribution in [2.24, 2.45) is 5.92 Å². The fourth-order valence-corrected chi connectivity index (χ4v) is 5.70. The molecule has 0 spiro atoms. The molecule has 1 aliphatic rings. The van der Waals surface area contributed by atoms with Crippen LogP contribution in [0.1, 0.15) is 45.4 Å². The minimum absolute atomic E-state index is 0.00280. The standard InChI is InChI=1S/C24H21NO2S/c1-14-10-11-17-19(13-14)28-24-21(17)22(18-9-6-12-27-18)20(15(2)25-24)23(26)16-7-4-3-5-8-16/h3-9,12,14H,10-11,13H2,1-2H3.